The maximum atomic E-state index is 13.1. The van der Waals surface area contributed by atoms with E-state index in [0.717, 1.165) is 5.01 Å². The van der Waals surface area contributed by atoms with E-state index in [1.165, 1.54) is 37.5 Å². The number of furan rings is 1. The minimum atomic E-state index is -0.602. The summed E-state index contributed by atoms with van der Waals surface area (Å²) in [6.07, 6.45) is 1.33. The molecule has 1 aromatic heterocycles. The van der Waals surface area contributed by atoms with Gasteiger partial charge in [0.1, 0.15) is 22.9 Å². The molecule has 0 unspecified atom stereocenters. The number of hydrazine groups is 1. The molecule has 1 N–H and O–H groups in total. The normalized spacial score (nSPS) is 14.9. The van der Waals surface area contributed by atoms with Gasteiger partial charge in [-0.15, -0.1) is 0 Å². The summed E-state index contributed by atoms with van der Waals surface area (Å²) in [7, 11) is 1.30. The number of halogens is 1. The van der Waals surface area contributed by atoms with Gasteiger partial charge in [-0.3, -0.25) is 15.0 Å². The topological polar surface area (TPSA) is 88.9 Å². The van der Waals surface area contributed by atoms with Crippen molar-refractivity contribution < 1.29 is 27.9 Å². The molecule has 7 nitrogen and oxygen atoms in total. The van der Waals surface area contributed by atoms with Gasteiger partial charge in [0.05, 0.1) is 18.4 Å². The zero-order valence-corrected chi connectivity index (χ0v) is 15.7. The quantitative estimate of drug-likeness (QED) is 0.408. The average molecular weight is 406 g/mol. The van der Waals surface area contributed by atoms with Crippen LogP contribution in [0.2, 0.25) is 0 Å². The van der Waals surface area contributed by atoms with Crippen molar-refractivity contribution in [1.82, 2.24) is 5.43 Å². The fourth-order valence-corrected chi connectivity index (χ4v) is 2.97. The van der Waals surface area contributed by atoms with Crippen LogP contribution in [-0.4, -0.2) is 24.9 Å². The van der Waals surface area contributed by atoms with Crippen molar-refractivity contribution in [2.24, 2.45) is 0 Å². The first-order chi connectivity index (χ1) is 14.5. The van der Waals surface area contributed by atoms with Crippen molar-refractivity contribution in [3.8, 4) is 11.3 Å². The molecule has 0 bridgehead atoms. The van der Waals surface area contributed by atoms with Gasteiger partial charge < -0.3 is 9.15 Å². The largest absolute Gasteiger partial charge is 0.465 e. The Balaban J connectivity index is 1.60. The fraction of sp³-hybridized carbons (Fsp3) is 0.0455. The molecule has 2 aromatic carbocycles. The van der Waals surface area contributed by atoms with Gasteiger partial charge in [0.15, 0.2) is 0 Å². The Hall–Kier alpha value is -4.20. The molecule has 1 saturated heterocycles. The first kappa shape index (κ1) is 19.1. The molecule has 30 heavy (non-hydrogen) atoms. The molecular formula is C22H15FN2O5. The lowest BCUT2D eigenvalue weighted by molar-refractivity contribution is -0.117. The monoisotopic (exact) mass is 406 g/mol. The second-order valence-corrected chi connectivity index (χ2v) is 6.39. The second-order valence-electron chi connectivity index (χ2n) is 6.39. The summed E-state index contributed by atoms with van der Waals surface area (Å²) in [5, 5.41) is 1.04. The Labute approximate surface area is 170 Å². The maximum absolute atomic E-state index is 13.1. The van der Waals surface area contributed by atoms with Gasteiger partial charge in [-0.1, -0.05) is 12.1 Å². The number of amides is 2. The number of rotatable bonds is 4. The molecule has 0 radical (unpaired) electrons. The molecule has 1 fully saturated rings. The van der Waals surface area contributed by atoms with E-state index in [9.17, 15) is 18.8 Å². The number of nitrogens with one attached hydrogen (secondary N) is 1. The predicted molar refractivity (Wildman–Crippen MR) is 105 cm³/mol. The third-order valence-corrected chi connectivity index (χ3v) is 4.46. The molecule has 2 amide bonds. The molecule has 8 heteroatoms. The van der Waals surface area contributed by atoms with Crippen molar-refractivity contribution in [2.75, 3.05) is 12.1 Å². The molecule has 0 aliphatic carbocycles. The van der Waals surface area contributed by atoms with Crippen molar-refractivity contribution in [2.45, 2.75) is 0 Å². The number of methoxy groups -OCH3 is 1. The van der Waals surface area contributed by atoms with Crippen LogP contribution in [0.1, 0.15) is 16.1 Å². The fourth-order valence-electron chi connectivity index (χ4n) is 2.97. The molecule has 0 saturated carbocycles. The van der Waals surface area contributed by atoms with Crippen molar-refractivity contribution in [3.05, 3.63) is 83.4 Å². The van der Waals surface area contributed by atoms with Crippen LogP contribution < -0.4 is 10.4 Å². The van der Waals surface area contributed by atoms with E-state index < -0.39 is 23.6 Å². The van der Waals surface area contributed by atoms with Gasteiger partial charge in [0, 0.05) is 5.56 Å². The summed E-state index contributed by atoms with van der Waals surface area (Å²) >= 11 is 0. The number of ether oxygens (including phenoxy) is 1. The van der Waals surface area contributed by atoms with Crippen molar-refractivity contribution in [3.63, 3.8) is 0 Å². The van der Waals surface area contributed by atoms with Gasteiger partial charge in [-0.05, 0) is 54.6 Å². The summed E-state index contributed by atoms with van der Waals surface area (Å²) < 4.78 is 23.5. The standard InChI is InChI=1S/C22H15FN2O5/c1-29-22(28)14-4-2-3-13(11-14)19-10-9-17(30-19)12-18-20(26)24-25(21(18)27)16-7-5-15(23)6-8-16/h2-12H,1H3,(H,24,26). The first-order valence-corrected chi connectivity index (χ1v) is 8.87. The number of nitrogens with zero attached hydrogens (tertiary/aromatic N) is 1. The zero-order chi connectivity index (χ0) is 21.3. The number of anilines is 1. The van der Waals surface area contributed by atoms with Crippen LogP contribution in [-0.2, 0) is 14.3 Å². The van der Waals surface area contributed by atoms with Crippen LogP contribution in [0, 0.1) is 5.82 Å². The lowest BCUT2D eigenvalue weighted by Crippen LogP contribution is -2.35. The highest BCUT2D eigenvalue weighted by atomic mass is 19.1. The Morgan fingerprint density at radius 1 is 1.10 bits per heavy atom. The number of hydrogen-bond donors (Lipinski definition) is 1. The molecule has 0 atom stereocenters. The van der Waals surface area contributed by atoms with E-state index in [1.807, 2.05) is 0 Å². The van der Waals surface area contributed by atoms with Crippen LogP contribution >= 0.6 is 0 Å². The molecular weight excluding hydrogens is 391 g/mol. The van der Waals surface area contributed by atoms with Gasteiger partial charge in [-0.2, -0.15) is 0 Å². The summed E-state index contributed by atoms with van der Waals surface area (Å²) in [5.74, 6) is -1.37. The van der Waals surface area contributed by atoms with Gasteiger partial charge >= 0.3 is 5.97 Å². The number of esters is 1. The molecule has 2 heterocycles. The van der Waals surface area contributed by atoms with Crippen LogP contribution in [0.4, 0.5) is 10.1 Å². The van der Waals surface area contributed by atoms with E-state index in [1.54, 1.807) is 36.4 Å². The van der Waals surface area contributed by atoms with Crippen LogP contribution in [0.3, 0.4) is 0 Å². The summed E-state index contributed by atoms with van der Waals surface area (Å²) in [5.41, 5.74) is 3.65. The van der Waals surface area contributed by atoms with Gasteiger partial charge in [-0.25, -0.2) is 14.2 Å². The minimum absolute atomic E-state index is 0.122. The SMILES string of the molecule is COC(=O)c1cccc(-c2ccc(C=C3C(=O)NN(c4ccc(F)cc4)C3=O)o2)c1. The maximum Gasteiger partial charge on any atom is 0.337 e. The van der Waals surface area contributed by atoms with Gasteiger partial charge in [0.25, 0.3) is 11.8 Å². The average Bonchev–Trinajstić information content (AvgIpc) is 3.34. The van der Waals surface area contributed by atoms with E-state index in [4.69, 9.17) is 9.15 Å². The Bertz CT molecular complexity index is 1180. The smallest absolute Gasteiger partial charge is 0.337 e. The van der Waals surface area contributed by atoms with Gasteiger partial charge in [0.2, 0.25) is 0 Å². The summed E-state index contributed by atoms with van der Waals surface area (Å²) in [4.78, 5) is 36.6. The van der Waals surface area contributed by atoms with E-state index in [2.05, 4.69) is 5.43 Å². The molecule has 150 valence electrons. The lowest BCUT2D eigenvalue weighted by atomic mass is 10.1. The zero-order valence-electron chi connectivity index (χ0n) is 15.7. The third kappa shape index (κ3) is 3.58. The highest BCUT2D eigenvalue weighted by molar-refractivity contribution is 6.31. The molecule has 3 aromatic rings. The number of hydrogen-bond acceptors (Lipinski definition) is 5. The number of carbonyl (C=O) groups excluding carboxylic acids is 3. The first-order valence-electron chi connectivity index (χ1n) is 8.87. The Morgan fingerprint density at radius 3 is 2.60 bits per heavy atom. The molecule has 4 rings (SSSR count). The van der Waals surface area contributed by atoms with Crippen molar-refractivity contribution >= 4 is 29.5 Å². The van der Waals surface area contributed by atoms with E-state index in [0.29, 0.717) is 22.6 Å². The molecule has 1 aliphatic heterocycles. The molecule has 0 spiro atoms. The van der Waals surface area contributed by atoms with Crippen LogP contribution in [0.25, 0.3) is 17.4 Å². The Kier molecular flexibility index (Phi) is 4.89. The second kappa shape index (κ2) is 7.67. The lowest BCUT2D eigenvalue weighted by Gasteiger charge is -2.14. The van der Waals surface area contributed by atoms with Crippen LogP contribution in [0.5, 0.6) is 0 Å². The number of carbonyl (C=O) groups is 3. The summed E-state index contributed by atoms with van der Waals surface area (Å²) in [6.45, 7) is 0. The highest BCUT2D eigenvalue weighted by Crippen LogP contribution is 2.26. The molecule has 1 aliphatic rings. The van der Waals surface area contributed by atoms with E-state index in [-0.39, 0.29) is 11.3 Å². The highest BCUT2D eigenvalue weighted by Gasteiger charge is 2.34. The third-order valence-electron chi connectivity index (χ3n) is 4.46. The summed E-state index contributed by atoms with van der Waals surface area (Å²) in [6, 6.07) is 15.1. The van der Waals surface area contributed by atoms with Crippen molar-refractivity contribution in [1.29, 1.82) is 0 Å². The van der Waals surface area contributed by atoms with E-state index >= 15 is 0 Å². The minimum Gasteiger partial charge on any atom is -0.465 e. The number of benzene rings is 2. The Morgan fingerprint density at radius 2 is 1.87 bits per heavy atom. The predicted octanol–water partition coefficient (Wildman–Crippen LogP) is 3.33. The van der Waals surface area contributed by atoms with Crippen LogP contribution in [0.15, 0.2) is 70.7 Å².